The van der Waals surface area contributed by atoms with Crippen LogP contribution in [0.3, 0.4) is 0 Å². The minimum absolute atomic E-state index is 0.0171. The number of amides is 1. The summed E-state index contributed by atoms with van der Waals surface area (Å²) >= 11 is 0. The summed E-state index contributed by atoms with van der Waals surface area (Å²) in [7, 11) is -4.56. The van der Waals surface area contributed by atoms with Gasteiger partial charge in [0.05, 0.1) is 5.69 Å². The maximum atomic E-state index is 12.5. The number of rotatable bonds is 3. The molecular weight excluding hydrogens is 356 g/mol. The zero-order valence-electron chi connectivity index (χ0n) is 13.7. The molecule has 0 atom stereocenters. The molecule has 8 heteroatoms. The molecule has 1 amide bonds. The van der Waals surface area contributed by atoms with E-state index in [1.54, 1.807) is 18.2 Å². The predicted molar refractivity (Wildman–Crippen MR) is 99.0 cm³/mol. The lowest BCUT2D eigenvalue weighted by molar-refractivity contribution is 0.102. The average molecular weight is 372 g/mol. The molecule has 0 saturated carbocycles. The molecule has 0 aliphatic heterocycles. The Balaban J connectivity index is 2.15. The van der Waals surface area contributed by atoms with Gasteiger partial charge in [-0.05, 0) is 42.8 Å². The van der Waals surface area contributed by atoms with Crippen LogP contribution in [0.2, 0.25) is 0 Å². The summed E-state index contributed by atoms with van der Waals surface area (Å²) in [5, 5.41) is 12.8. The maximum Gasteiger partial charge on any atom is 0.295 e. The Kier molecular flexibility index (Phi) is 4.31. The van der Waals surface area contributed by atoms with E-state index < -0.39 is 20.9 Å². The quantitative estimate of drug-likeness (QED) is 0.413. The van der Waals surface area contributed by atoms with Crippen LogP contribution in [0.4, 0.5) is 11.4 Å². The monoisotopic (exact) mass is 372 g/mol. The lowest BCUT2D eigenvalue weighted by atomic mass is 10.1. The number of aryl methyl sites for hydroxylation is 1. The molecule has 134 valence electrons. The van der Waals surface area contributed by atoms with E-state index >= 15 is 0 Å². The highest BCUT2D eigenvalue weighted by Gasteiger charge is 2.20. The fourth-order valence-electron chi connectivity index (χ4n) is 2.65. The lowest BCUT2D eigenvalue weighted by Gasteiger charge is -2.13. The molecule has 0 aliphatic rings. The number of benzene rings is 3. The molecule has 3 aromatic rings. The number of fused-ring (bicyclic) bond motifs is 1. The number of nitrogens with one attached hydrogen (secondary N) is 1. The number of hydrogen-bond acceptors (Lipinski definition) is 5. The largest absolute Gasteiger partial charge is 0.507 e. The van der Waals surface area contributed by atoms with Crippen molar-refractivity contribution >= 4 is 38.2 Å². The Morgan fingerprint density at radius 2 is 1.85 bits per heavy atom. The van der Waals surface area contributed by atoms with Gasteiger partial charge in [-0.15, -0.1) is 0 Å². The van der Waals surface area contributed by atoms with Crippen LogP contribution in [0.25, 0.3) is 10.8 Å². The Bertz CT molecular complexity index is 1140. The summed E-state index contributed by atoms with van der Waals surface area (Å²) in [4.78, 5) is 12.1. The first-order chi connectivity index (χ1) is 12.2. The van der Waals surface area contributed by atoms with Crippen molar-refractivity contribution in [3.63, 3.8) is 0 Å². The topological polar surface area (TPSA) is 130 Å². The third-order valence-electron chi connectivity index (χ3n) is 4.05. The van der Waals surface area contributed by atoms with Crippen molar-refractivity contribution in [1.29, 1.82) is 0 Å². The van der Waals surface area contributed by atoms with Gasteiger partial charge in [0.2, 0.25) is 0 Å². The van der Waals surface area contributed by atoms with Crippen molar-refractivity contribution in [3.05, 3.63) is 59.7 Å². The molecule has 0 unspecified atom stereocenters. The molecule has 0 spiro atoms. The number of carbonyl (C=O) groups is 1. The van der Waals surface area contributed by atoms with Gasteiger partial charge in [-0.25, -0.2) is 0 Å². The highest BCUT2D eigenvalue weighted by molar-refractivity contribution is 7.86. The van der Waals surface area contributed by atoms with Gasteiger partial charge in [0.25, 0.3) is 16.0 Å². The summed E-state index contributed by atoms with van der Waals surface area (Å²) in [5.74, 6) is -0.683. The summed E-state index contributed by atoms with van der Waals surface area (Å²) in [6, 6.07) is 11.6. The molecular formula is C18H16N2O5S. The second kappa shape index (κ2) is 6.32. The van der Waals surface area contributed by atoms with Crippen LogP contribution in [-0.2, 0) is 10.1 Å². The number of aromatic hydroxyl groups is 1. The van der Waals surface area contributed by atoms with Gasteiger partial charge >= 0.3 is 0 Å². The predicted octanol–water partition coefficient (Wildman–Crippen LogP) is 2.94. The Hall–Kier alpha value is -3.10. The number of hydrogen-bond donors (Lipinski definition) is 4. The lowest BCUT2D eigenvalue weighted by Crippen LogP contribution is -2.13. The summed E-state index contributed by atoms with van der Waals surface area (Å²) in [6.07, 6.45) is 0. The van der Waals surface area contributed by atoms with Gasteiger partial charge < -0.3 is 16.2 Å². The number of nitrogens with two attached hydrogens (primary N) is 1. The van der Waals surface area contributed by atoms with Crippen LogP contribution >= 0.6 is 0 Å². The number of carbonyl (C=O) groups excluding carboxylic acids is 1. The van der Waals surface area contributed by atoms with E-state index in [9.17, 15) is 22.9 Å². The van der Waals surface area contributed by atoms with Gasteiger partial charge in [-0.2, -0.15) is 8.42 Å². The SMILES string of the molecule is Cc1ccc(C(=O)Nc2cccc3c(O)ccc(S(=O)(=O)O)c23)cc1N. The highest BCUT2D eigenvalue weighted by Crippen LogP contribution is 2.35. The molecule has 0 heterocycles. The summed E-state index contributed by atoms with van der Waals surface area (Å²) < 4.78 is 32.9. The van der Waals surface area contributed by atoms with Crippen LogP contribution in [-0.4, -0.2) is 24.0 Å². The molecule has 0 saturated heterocycles. The Morgan fingerprint density at radius 1 is 1.12 bits per heavy atom. The third-order valence-corrected chi connectivity index (χ3v) is 4.94. The van der Waals surface area contributed by atoms with Gasteiger partial charge in [-0.1, -0.05) is 18.2 Å². The minimum Gasteiger partial charge on any atom is -0.507 e. The Labute approximate surface area is 149 Å². The number of anilines is 2. The molecule has 0 aromatic heterocycles. The van der Waals surface area contributed by atoms with Crippen molar-refractivity contribution in [2.45, 2.75) is 11.8 Å². The van der Waals surface area contributed by atoms with Crippen LogP contribution in [0.15, 0.2) is 53.4 Å². The van der Waals surface area contributed by atoms with E-state index in [1.165, 1.54) is 18.2 Å². The van der Waals surface area contributed by atoms with Gasteiger partial charge in [0, 0.05) is 22.0 Å². The van der Waals surface area contributed by atoms with E-state index in [2.05, 4.69) is 5.32 Å². The fourth-order valence-corrected chi connectivity index (χ4v) is 3.37. The number of phenolic OH excluding ortho intramolecular Hbond substituents is 1. The number of phenols is 1. The second-order valence-electron chi connectivity index (χ2n) is 5.81. The first-order valence-corrected chi connectivity index (χ1v) is 9.02. The average Bonchev–Trinajstić information content (AvgIpc) is 2.57. The van der Waals surface area contributed by atoms with Crippen molar-refractivity contribution in [2.75, 3.05) is 11.1 Å². The fraction of sp³-hybridized carbons (Fsp3) is 0.0556. The van der Waals surface area contributed by atoms with Crippen LogP contribution in [0.1, 0.15) is 15.9 Å². The molecule has 3 rings (SSSR count). The van der Waals surface area contributed by atoms with E-state index in [0.29, 0.717) is 11.3 Å². The smallest absolute Gasteiger partial charge is 0.295 e. The first kappa shape index (κ1) is 17.7. The maximum absolute atomic E-state index is 12.5. The zero-order chi connectivity index (χ0) is 19.1. The van der Waals surface area contributed by atoms with E-state index in [4.69, 9.17) is 5.73 Å². The van der Waals surface area contributed by atoms with Crippen LogP contribution in [0.5, 0.6) is 5.75 Å². The first-order valence-electron chi connectivity index (χ1n) is 7.58. The van der Waals surface area contributed by atoms with Crippen LogP contribution < -0.4 is 11.1 Å². The summed E-state index contributed by atoms with van der Waals surface area (Å²) in [6.45, 7) is 1.81. The molecule has 0 aliphatic carbocycles. The van der Waals surface area contributed by atoms with Crippen molar-refractivity contribution in [2.24, 2.45) is 0 Å². The van der Waals surface area contributed by atoms with Gasteiger partial charge in [0.15, 0.2) is 0 Å². The van der Waals surface area contributed by atoms with E-state index in [-0.39, 0.29) is 22.2 Å². The standard InChI is InChI=1S/C18H16N2O5S/c1-10-5-6-11(9-13(10)19)18(22)20-14-4-2-3-12-15(21)7-8-16(17(12)14)26(23,24)25/h2-9,21H,19H2,1H3,(H,20,22)(H,23,24,25). The molecule has 7 nitrogen and oxygen atoms in total. The van der Waals surface area contributed by atoms with Gasteiger partial charge in [0.1, 0.15) is 10.6 Å². The third kappa shape index (κ3) is 3.19. The van der Waals surface area contributed by atoms with Crippen molar-refractivity contribution in [1.82, 2.24) is 0 Å². The van der Waals surface area contributed by atoms with Crippen molar-refractivity contribution < 1.29 is 22.9 Å². The molecule has 5 N–H and O–H groups in total. The normalized spacial score (nSPS) is 11.5. The highest BCUT2D eigenvalue weighted by atomic mass is 32.2. The second-order valence-corrected chi connectivity index (χ2v) is 7.20. The van der Waals surface area contributed by atoms with Crippen LogP contribution in [0, 0.1) is 6.92 Å². The van der Waals surface area contributed by atoms with E-state index in [0.717, 1.165) is 17.7 Å². The van der Waals surface area contributed by atoms with E-state index in [1.807, 2.05) is 6.92 Å². The Morgan fingerprint density at radius 3 is 2.50 bits per heavy atom. The molecule has 3 aromatic carbocycles. The zero-order valence-corrected chi connectivity index (χ0v) is 14.5. The number of nitrogen functional groups attached to an aromatic ring is 1. The minimum atomic E-state index is -4.56. The molecule has 26 heavy (non-hydrogen) atoms. The summed E-state index contributed by atoms with van der Waals surface area (Å²) in [5.41, 5.74) is 7.52. The molecule has 0 bridgehead atoms. The van der Waals surface area contributed by atoms with Crippen molar-refractivity contribution in [3.8, 4) is 5.75 Å². The van der Waals surface area contributed by atoms with Gasteiger partial charge in [-0.3, -0.25) is 9.35 Å². The molecule has 0 fully saturated rings. The molecule has 0 radical (unpaired) electrons.